The molecule has 2 rings (SSSR count). The minimum atomic E-state index is -4.59. The summed E-state index contributed by atoms with van der Waals surface area (Å²) in [5.74, 6) is -0.0102. The zero-order valence-electron chi connectivity index (χ0n) is 12.7. The minimum absolute atomic E-state index is 0.0107. The number of carbonyl (C=O) groups is 1. The largest absolute Gasteiger partial charge is 0.417 e. The number of anilines is 2. The molecule has 2 N–H and O–H groups in total. The molecule has 0 radical (unpaired) electrons. The Morgan fingerprint density at radius 2 is 2.00 bits per heavy atom. The van der Waals surface area contributed by atoms with Gasteiger partial charge in [-0.3, -0.25) is 4.79 Å². The highest BCUT2D eigenvalue weighted by Gasteiger charge is 2.33. The van der Waals surface area contributed by atoms with Gasteiger partial charge in [0.1, 0.15) is 5.82 Å². The maximum Gasteiger partial charge on any atom is 0.417 e. The fourth-order valence-electron chi connectivity index (χ4n) is 1.95. The Morgan fingerprint density at radius 1 is 1.25 bits per heavy atom. The molecule has 0 atom stereocenters. The number of carbonyl (C=O) groups excluding carboxylic acids is 1. The molecule has 24 heavy (non-hydrogen) atoms. The standard InChI is InChI=1S/C16H15ClF3N3O/c1-2-6-21-14-8-10(5-7-22-14)15(24)23-11-3-4-13(17)12(9-11)16(18,19)20/h3-5,7-9H,2,6H2,1H3,(H,21,22)(H,23,24). The summed E-state index contributed by atoms with van der Waals surface area (Å²) in [4.78, 5) is 16.3. The summed E-state index contributed by atoms with van der Waals surface area (Å²) in [7, 11) is 0. The highest BCUT2D eigenvalue weighted by Crippen LogP contribution is 2.36. The summed E-state index contributed by atoms with van der Waals surface area (Å²) in [6, 6.07) is 6.23. The van der Waals surface area contributed by atoms with Crippen LogP contribution in [0.5, 0.6) is 0 Å². The van der Waals surface area contributed by atoms with Crippen molar-refractivity contribution in [2.24, 2.45) is 0 Å². The first-order valence-corrected chi connectivity index (χ1v) is 7.57. The number of benzene rings is 1. The van der Waals surface area contributed by atoms with Gasteiger partial charge in [-0.2, -0.15) is 13.2 Å². The number of amides is 1. The molecule has 0 saturated carbocycles. The number of pyridine rings is 1. The van der Waals surface area contributed by atoms with Gasteiger partial charge in [-0.15, -0.1) is 0 Å². The Kier molecular flexibility index (Phi) is 5.66. The van der Waals surface area contributed by atoms with Crippen molar-refractivity contribution in [2.45, 2.75) is 19.5 Å². The van der Waals surface area contributed by atoms with Crippen molar-refractivity contribution in [1.82, 2.24) is 4.98 Å². The van der Waals surface area contributed by atoms with E-state index in [1.165, 1.54) is 24.4 Å². The molecule has 0 spiro atoms. The molecule has 0 aliphatic heterocycles. The Bertz CT molecular complexity index is 735. The number of halogens is 4. The van der Waals surface area contributed by atoms with E-state index in [0.717, 1.165) is 18.6 Å². The van der Waals surface area contributed by atoms with Crippen LogP contribution >= 0.6 is 11.6 Å². The number of aromatic nitrogens is 1. The number of alkyl halides is 3. The van der Waals surface area contributed by atoms with Gasteiger partial charge in [0.05, 0.1) is 10.6 Å². The fourth-order valence-corrected chi connectivity index (χ4v) is 2.17. The summed E-state index contributed by atoms with van der Waals surface area (Å²) < 4.78 is 38.5. The first kappa shape index (κ1) is 18.1. The van der Waals surface area contributed by atoms with Gasteiger partial charge in [0.15, 0.2) is 0 Å². The lowest BCUT2D eigenvalue weighted by atomic mass is 10.1. The number of nitrogens with one attached hydrogen (secondary N) is 2. The number of rotatable bonds is 5. The highest BCUT2D eigenvalue weighted by molar-refractivity contribution is 6.31. The molecule has 0 unspecified atom stereocenters. The van der Waals surface area contributed by atoms with Gasteiger partial charge in [0.25, 0.3) is 5.91 Å². The van der Waals surface area contributed by atoms with Crippen molar-refractivity contribution >= 4 is 29.0 Å². The predicted octanol–water partition coefficient (Wildman–Crippen LogP) is 4.83. The zero-order valence-corrected chi connectivity index (χ0v) is 13.5. The molecule has 8 heteroatoms. The van der Waals surface area contributed by atoms with Gasteiger partial charge in [-0.05, 0) is 36.8 Å². The highest BCUT2D eigenvalue weighted by atomic mass is 35.5. The second kappa shape index (κ2) is 7.53. The Hall–Kier alpha value is -2.28. The van der Waals surface area contributed by atoms with E-state index in [9.17, 15) is 18.0 Å². The Balaban J connectivity index is 2.18. The average molecular weight is 358 g/mol. The lowest BCUT2D eigenvalue weighted by molar-refractivity contribution is -0.137. The molecule has 1 aromatic heterocycles. The van der Waals surface area contributed by atoms with Crippen molar-refractivity contribution in [3.05, 3.63) is 52.7 Å². The topological polar surface area (TPSA) is 54.0 Å². The van der Waals surface area contributed by atoms with E-state index in [2.05, 4.69) is 15.6 Å². The summed E-state index contributed by atoms with van der Waals surface area (Å²) >= 11 is 5.55. The molecule has 0 aliphatic rings. The van der Waals surface area contributed by atoms with Crippen LogP contribution in [0.3, 0.4) is 0 Å². The smallest absolute Gasteiger partial charge is 0.370 e. The molecule has 2 aromatic rings. The number of hydrogen-bond acceptors (Lipinski definition) is 3. The molecule has 4 nitrogen and oxygen atoms in total. The first-order valence-electron chi connectivity index (χ1n) is 7.19. The van der Waals surface area contributed by atoms with Gasteiger partial charge < -0.3 is 10.6 Å². The van der Waals surface area contributed by atoms with Crippen LogP contribution in [0.1, 0.15) is 29.3 Å². The van der Waals surface area contributed by atoms with Crippen LogP contribution < -0.4 is 10.6 Å². The minimum Gasteiger partial charge on any atom is -0.370 e. The first-order chi connectivity index (χ1) is 11.3. The molecule has 128 valence electrons. The second-order valence-electron chi connectivity index (χ2n) is 5.00. The van der Waals surface area contributed by atoms with Crippen molar-refractivity contribution < 1.29 is 18.0 Å². The molecule has 0 aliphatic carbocycles. The Labute approximate surface area is 142 Å². The second-order valence-corrected chi connectivity index (χ2v) is 5.41. The summed E-state index contributed by atoms with van der Waals surface area (Å²) in [6.45, 7) is 2.69. The third kappa shape index (κ3) is 4.61. The molecule has 1 heterocycles. The van der Waals surface area contributed by atoms with Crippen LogP contribution in [-0.2, 0) is 6.18 Å². The van der Waals surface area contributed by atoms with E-state index in [-0.39, 0.29) is 11.3 Å². The van der Waals surface area contributed by atoms with E-state index in [4.69, 9.17) is 11.6 Å². The summed E-state index contributed by atoms with van der Waals surface area (Å²) in [5, 5.41) is 5.04. The normalized spacial score (nSPS) is 11.2. The van der Waals surface area contributed by atoms with Crippen LogP contribution in [-0.4, -0.2) is 17.4 Å². The SMILES string of the molecule is CCCNc1cc(C(=O)Nc2ccc(Cl)c(C(F)(F)F)c2)ccn1. The lowest BCUT2D eigenvalue weighted by Crippen LogP contribution is -2.14. The summed E-state index contributed by atoms with van der Waals surface area (Å²) in [5.41, 5.74) is -0.703. The lowest BCUT2D eigenvalue weighted by Gasteiger charge is -2.12. The van der Waals surface area contributed by atoms with Crippen molar-refractivity contribution in [1.29, 1.82) is 0 Å². The number of hydrogen-bond donors (Lipinski definition) is 2. The third-order valence-corrected chi connectivity index (χ3v) is 3.44. The molecule has 1 amide bonds. The maximum absolute atomic E-state index is 12.8. The van der Waals surface area contributed by atoms with E-state index in [1.54, 1.807) is 0 Å². The monoisotopic (exact) mass is 357 g/mol. The van der Waals surface area contributed by atoms with Crippen LogP contribution in [0.4, 0.5) is 24.7 Å². The van der Waals surface area contributed by atoms with Gasteiger partial charge >= 0.3 is 6.18 Å². The predicted molar refractivity (Wildman–Crippen MR) is 87.4 cm³/mol. The van der Waals surface area contributed by atoms with E-state index in [1.807, 2.05) is 6.92 Å². The molecule has 1 aromatic carbocycles. The molecule has 0 saturated heterocycles. The van der Waals surface area contributed by atoms with Crippen LogP contribution in [0.2, 0.25) is 5.02 Å². The van der Waals surface area contributed by atoms with Crippen molar-refractivity contribution in [3.8, 4) is 0 Å². The van der Waals surface area contributed by atoms with Gasteiger partial charge in [0.2, 0.25) is 0 Å². The molecule has 0 fully saturated rings. The quantitative estimate of drug-likeness (QED) is 0.806. The molecule has 0 bridgehead atoms. The van der Waals surface area contributed by atoms with Crippen LogP contribution in [0, 0.1) is 0 Å². The van der Waals surface area contributed by atoms with Gasteiger partial charge in [0, 0.05) is 24.0 Å². The third-order valence-electron chi connectivity index (χ3n) is 3.11. The van der Waals surface area contributed by atoms with Crippen molar-refractivity contribution in [2.75, 3.05) is 17.2 Å². The van der Waals surface area contributed by atoms with Crippen molar-refractivity contribution in [3.63, 3.8) is 0 Å². The van der Waals surface area contributed by atoms with E-state index in [0.29, 0.717) is 12.4 Å². The molecular formula is C16H15ClF3N3O. The zero-order chi connectivity index (χ0) is 17.7. The number of nitrogens with zero attached hydrogens (tertiary/aromatic N) is 1. The van der Waals surface area contributed by atoms with Gasteiger partial charge in [-0.25, -0.2) is 4.98 Å². The maximum atomic E-state index is 12.8. The Morgan fingerprint density at radius 3 is 2.67 bits per heavy atom. The fraction of sp³-hybridized carbons (Fsp3) is 0.250. The molecular weight excluding hydrogens is 343 g/mol. The van der Waals surface area contributed by atoms with Crippen LogP contribution in [0.25, 0.3) is 0 Å². The van der Waals surface area contributed by atoms with E-state index >= 15 is 0 Å². The summed E-state index contributed by atoms with van der Waals surface area (Å²) in [6.07, 6.45) is -2.25. The van der Waals surface area contributed by atoms with Crippen LogP contribution in [0.15, 0.2) is 36.5 Å². The average Bonchev–Trinajstić information content (AvgIpc) is 2.54. The van der Waals surface area contributed by atoms with E-state index < -0.39 is 22.7 Å². The van der Waals surface area contributed by atoms with Gasteiger partial charge in [-0.1, -0.05) is 18.5 Å².